The van der Waals surface area contributed by atoms with Gasteiger partial charge in [0.1, 0.15) is 4.21 Å². The van der Waals surface area contributed by atoms with E-state index in [4.69, 9.17) is 5.11 Å². The summed E-state index contributed by atoms with van der Waals surface area (Å²) in [4.78, 5) is 10.7. The van der Waals surface area contributed by atoms with Crippen molar-refractivity contribution in [2.75, 3.05) is 12.8 Å². The van der Waals surface area contributed by atoms with Gasteiger partial charge in [-0.25, -0.2) is 17.9 Å². The molecule has 0 spiro atoms. The Balaban J connectivity index is 2.08. The largest absolute Gasteiger partial charge is 0.478 e. The molecule has 0 saturated heterocycles. The fourth-order valence-electron chi connectivity index (χ4n) is 1.46. The Bertz CT molecular complexity index is 559. The van der Waals surface area contributed by atoms with Gasteiger partial charge in [-0.05, 0) is 25.2 Å². The predicted octanol–water partition coefficient (Wildman–Crippen LogP) is 1.62. The quantitative estimate of drug-likeness (QED) is 0.834. The van der Waals surface area contributed by atoms with Crippen molar-refractivity contribution in [1.82, 2.24) is 4.72 Å². The summed E-state index contributed by atoms with van der Waals surface area (Å²) >= 11 is 2.59. The van der Waals surface area contributed by atoms with E-state index >= 15 is 0 Å². The molecule has 1 aromatic rings. The van der Waals surface area contributed by atoms with Crippen LogP contribution in [0.25, 0.3) is 0 Å². The van der Waals surface area contributed by atoms with E-state index in [1.165, 1.54) is 11.4 Å². The molecule has 1 fully saturated rings. The van der Waals surface area contributed by atoms with Crippen molar-refractivity contribution in [2.24, 2.45) is 0 Å². The molecule has 0 amide bonds. The van der Waals surface area contributed by atoms with Crippen LogP contribution in [-0.4, -0.2) is 37.0 Å². The highest BCUT2D eigenvalue weighted by atomic mass is 32.2. The summed E-state index contributed by atoms with van der Waals surface area (Å²) in [7, 11) is -3.58. The summed E-state index contributed by atoms with van der Waals surface area (Å²) in [6.45, 7) is 0.400. The molecular weight excluding hydrogens is 294 g/mol. The molecule has 100 valence electrons. The van der Waals surface area contributed by atoms with Crippen LogP contribution in [0.2, 0.25) is 0 Å². The third-order valence-corrected chi connectivity index (χ3v) is 7.17. The van der Waals surface area contributed by atoms with Gasteiger partial charge in [-0.2, -0.15) is 11.8 Å². The normalized spacial score (nSPS) is 17.6. The van der Waals surface area contributed by atoms with Gasteiger partial charge in [0.15, 0.2) is 0 Å². The standard InChI is InChI=1S/C10H13NO4S3/c1-16-10(2-3-10)6-11-18(14,15)8-4-7(5-17-8)9(12)13/h4-5,11H,2-3,6H2,1H3,(H,12,13). The zero-order valence-corrected chi connectivity index (χ0v) is 12.1. The fourth-order valence-corrected chi connectivity index (χ4v) is 4.60. The summed E-state index contributed by atoms with van der Waals surface area (Å²) in [5.74, 6) is -1.12. The number of thiophene rings is 1. The summed E-state index contributed by atoms with van der Waals surface area (Å²) in [5, 5.41) is 10.1. The molecule has 2 rings (SSSR count). The number of rotatable bonds is 6. The molecule has 2 N–H and O–H groups in total. The van der Waals surface area contributed by atoms with Gasteiger partial charge in [0.2, 0.25) is 10.0 Å². The number of aromatic carboxylic acids is 1. The zero-order valence-electron chi connectivity index (χ0n) is 9.67. The molecule has 8 heteroatoms. The van der Waals surface area contributed by atoms with Crippen molar-refractivity contribution in [2.45, 2.75) is 21.8 Å². The Morgan fingerprint density at radius 2 is 2.28 bits per heavy atom. The summed E-state index contributed by atoms with van der Waals surface area (Å²) in [6, 6.07) is 1.19. The molecule has 1 saturated carbocycles. The number of carbonyl (C=O) groups is 1. The van der Waals surface area contributed by atoms with E-state index in [-0.39, 0.29) is 14.5 Å². The lowest BCUT2D eigenvalue weighted by Gasteiger charge is -2.12. The van der Waals surface area contributed by atoms with Crippen LogP contribution in [0.1, 0.15) is 23.2 Å². The third kappa shape index (κ3) is 2.87. The van der Waals surface area contributed by atoms with Crippen LogP contribution in [0.15, 0.2) is 15.7 Å². The summed E-state index contributed by atoms with van der Waals surface area (Å²) < 4.78 is 26.6. The minimum atomic E-state index is -3.58. The second-order valence-corrected chi connectivity index (χ2v) is 8.35. The SMILES string of the molecule is CSC1(CNS(=O)(=O)c2cc(C(=O)O)cs2)CC1. The van der Waals surface area contributed by atoms with Crippen molar-refractivity contribution in [3.05, 3.63) is 17.0 Å². The number of carboxylic acids is 1. The van der Waals surface area contributed by atoms with E-state index in [0.29, 0.717) is 6.54 Å². The van der Waals surface area contributed by atoms with E-state index in [2.05, 4.69) is 4.72 Å². The lowest BCUT2D eigenvalue weighted by molar-refractivity contribution is 0.0697. The van der Waals surface area contributed by atoms with Crippen LogP contribution in [0, 0.1) is 0 Å². The van der Waals surface area contributed by atoms with Crippen molar-refractivity contribution >= 4 is 39.1 Å². The van der Waals surface area contributed by atoms with E-state index < -0.39 is 16.0 Å². The molecule has 0 aromatic carbocycles. The van der Waals surface area contributed by atoms with Crippen molar-refractivity contribution < 1.29 is 18.3 Å². The maximum absolute atomic E-state index is 12.0. The Morgan fingerprint density at radius 1 is 1.61 bits per heavy atom. The highest BCUT2D eigenvalue weighted by Crippen LogP contribution is 2.46. The molecule has 0 bridgehead atoms. The molecule has 1 aliphatic rings. The third-order valence-electron chi connectivity index (χ3n) is 2.91. The van der Waals surface area contributed by atoms with Crippen LogP contribution in [0.5, 0.6) is 0 Å². The Morgan fingerprint density at radius 3 is 2.72 bits per heavy atom. The molecule has 0 atom stereocenters. The second kappa shape index (κ2) is 4.84. The molecule has 5 nitrogen and oxygen atoms in total. The topological polar surface area (TPSA) is 83.5 Å². The van der Waals surface area contributed by atoms with Crippen LogP contribution in [-0.2, 0) is 10.0 Å². The average molecular weight is 307 g/mol. The first-order valence-electron chi connectivity index (χ1n) is 5.25. The smallest absolute Gasteiger partial charge is 0.336 e. The van der Waals surface area contributed by atoms with Crippen molar-refractivity contribution in [3.63, 3.8) is 0 Å². The molecule has 1 heterocycles. The Hall–Kier alpha value is -0.570. The highest BCUT2D eigenvalue weighted by Gasteiger charge is 2.42. The van der Waals surface area contributed by atoms with Gasteiger partial charge in [0.05, 0.1) is 5.56 Å². The summed E-state index contributed by atoms with van der Waals surface area (Å²) in [6.07, 6.45) is 4.00. The maximum Gasteiger partial charge on any atom is 0.336 e. The minimum absolute atomic E-state index is 0.00590. The first-order chi connectivity index (χ1) is 8.38. The number of thioether (sulfide) groups is 1. The number of hydrogen-bond acceptors (Lipinski definition) is 5. The first kappa shape index (κ1) is 13.9. The van der Waals surface area contributed by atoms with Crippen LogP contribution < -0.4 is 4.72 Å². The first-order valence-corrected chi connectivity index (χ1v) is 8.84. The lowest BCUT2D eigenvalue weighted by atomic mass is 10.4. The fraction of sp³-hybridized carbons (Fsp3) is 0.500. The lowest BCUT2D eigenvalue weighted by Crippen LogP contribution is -2.31. The maximum atomic E-state index is 12.0. The van der Waals surface area contributed by atoms with Gasteiger partial charge in [0, 0.05) is 16.7 Å². The zero-order chi connectivity index (χ0) is 13.4. The van der Waals surface area contributed by atoms with Crippen LogP contribution in [0.4, 0.5) is 0 Å². The molecule has 1 aromatic heterocycles. The Kier molecular flexibility index (Phi) is 3.72. The number of sulfonamides is 1. The van der Waals surface area contributed by atoms with Gasteiger partial charge >= 0.3 is 5.97 Å². The second-order valence-electron chi connectivity index (χ2n) is 4.17. The molecule has 0 aliphatic heterocycles. The summed E-state index contributed by atoms with van der Waals surface area (Å²) in [5.41, 5.74) is 0.00590. The minimum Gasteiger partial charge on any atom is -0.478 e. The van der Waals surface area contributed by atoms with Gasteiger partial charge in [-0.1, -0.05) is 0 Å². The van der Waals surface area contributed by atoms with E-state index in [9.17, 15) is 13.2 Å². The van der Waals surface area contributed by atoms with Gasteiger partial charge in [-0.3, -0.25) is 0 Å². The molecule has 0 unspecified atom stereocenters. The van der Waals surface area contributed by atoms with Crippen molar-refractivity contribution in [1.29, 1.82) is 0 Å². The van der Waals surface area contributed by atoms with E-state index in [1.54, 1.807) is 11.8 Å². The Labute approximate surface area is 114 Å². The van der Waals surface area contributed by atoms with Gasteiger partial charge in [0.25, 0.3) is 0 Å². The number of hydrogen-bond donors (Lipinski definition) is 2. The molecular formula is C10H13NO4S3. The highest BCUT2D eigenvalue weighted by molar-refractivity contribution is 8.00. The van der Waals surface area contributed by atoms with E-state index in [0.717, 1.165) is 24.2 Å². The van der Waals surface area contributed by atoms with Crippen molar-refractivity contribution in [3.8, 4) is 0 Å². The molecule has 0 radical (unpaired) electrons. The van der Waals surface area contributed by atoms with Crippen LogP contribution >= 0.6 is 23.1 Å². The van der Waals surface area contributed by atoms with Crippen LogP contribution in [0.3, 0.4) is 0 Å². The molecule has 1 aliphatic carbocycles. The monoisotopic (exact) mass is 307 g/mol. The van der Waals surface area contributed by atoms with Gasteiger partial charge < -0.3 is 5.11 Å². The van der Waals surface area contributed by atoms with Gasteiger partial charge in [-0.15, -0.1) is 11.3 Å². The average Bonchev–Trinajstić information content (AvgIpc) is 2.91. The number of carboxylic acid groups (broad SMARTS) is 1. The molecule has 18 heavy (non-hydrogen) atoms. The van der Waals surface area contributed by atoms with E-state index in [1.807, 2.05) is 6.26 Å². The number of nitrogens with one attached hydrogen (secondary N) is 1. The predicted molar refractivity (Wildman–Crippen MR) is 71.9 cm³/mol.